The second-order valence-electron chi connectivity index (χ2n) is 7.48. The van der Waals surface area contributed by atoms with Crippen molar-refractivity contribution >= 4 is 0 Å². The molecule has 130 valence electrons. The first-order valence-electron chi connectivity index (χ1n) is 8.92. The molecule has 0 spiro atoms. The molecule has 0 bridgehead atoms. The quantitative estimate of drug-likeness (QED) is 0.849. The van der Waals surface area contributed by atoms with Gasteiger partial charge >= 0.3 is 0 Å². The van der Waals surface area contributed by atoms with Crippen LogP contribution in [0.4, 0.5) is 0 Å². The summed E-state index contributed by atoms with van der Waals surface area (Å²) in [5, 5.41) is 7.86. The molecule has 0 saturated heterocycles. The molecule has 24 heavy (non-hydrogen) atoms. The molecule has 0 fully saturated rings. The van der Waals surface area contributed by atoms with Gasteiger partial charge in [-0.25, -0.2) is 4.98 Å². The van der Waals surface area contributed by atoms with Crippen molar-refractivity contribution in [2.75, 3.05) is 13.1 Å². The van der Waals surface area contributed by atoms with Gasteiger partial charge in [-0.1, -0.05) is 24.3 Å². The molecule has 0 aliphatic carbocycles. The van der Waals surface area contributed by atoms with E-state index in [4.69, 9.17) is 0 Å². The van der Waals surface area contributed by atoms with E-state index in [2.05, 4.69) is 65.3 Å². The molecule has 1 unspecified atom stereocenters. The highest BCUT2D eigenvalue weighted by Crippen LogP contribution is 2.25. The molecule has 1 aliphatic rings. The second kappa shape index (κ2) is 7.45. The van der Waals surface area contributed by atoms with E-state index in [0.717, 1.165) is 39.0 Å². The van der Waals surface area contributed by atoms with Crippen molar-refractivity contribution in [3.63, 3.8) is 0 Å². The molecule has 0 amide bonds. The molecule has 1 aliphatic heterocycles. The third kappa shape index (κ3) is 4.22. The van der Waals surface area contributed by atoms with Crippen molar-refractivity contribution in [3.8, 4) is 0 Å². The lowest BCUT2D eigenvalue weighted by Crippen LogP contribution is -2.53. The van der Waals surface area contributed by atoms with Crippen molar-refractivity contribution in [2.24, 2.45) is 0 Å². The van der Waals surface area contributed by atoms with Crippen LogP contribution in [0.15, 0.2) is 36.9 Å². The van der Waals surface area contributed by atoms with Crippen molar-refractivity contribution in [1.29, 1.82) is 0 Å². The molecule has 2 aromatic rings. The van der Waals surface area contributed by atoms with Gasteiger partial charge in [0.15, 0.2) is 0 Å². The summed E-state index contributed by atoms with van der Waals surface area (Å²) in [6, 6.07) is 9.30. The maximum Gasteiger partial charge on any atom is 0.137 e. The van der Waals surface area contributed by atoms with Gasteiger partial charge in [0.25, 0.3) is 0 Å². The molecule has 1 aromatic heterocycles. The summed E-state index contributed by atoms with van der Waals surface area (Å²) >= 11 is 0. The maximum atomic E-state index is 4.16. The van der Waals surface area contributed by atoms with Crippen LogP contribution in [0.1, 0.15) is 38.3 Å². The predicted octanol–water partition coefficient (Wildman–Crippen LogP) is 2.48. The van der Waals surface area contributed by atoms with Gasteiger partial charge in [0.2, 0.25) is 0 Å². The summed E-state index contributed by atoms with van der Waals surface area (Å²) in [4.78, 5) is 6.59. The fraction of sp³-hybridized carbons (Fsp3) is 0.579. The number of aryl methyl sites for hydroxylation is 1. The van der Waals surface area contributed by atoms with E-state index in [1.165, 1.54) is 11.1 Å². The number of benzene rings is 1. The van der Waals surface area contributed by atoms with Crippen LogP contribution in [-0.4, -0.2) is 44.3 Å². The average Bonchev–Trinajstić information content (AvgIpc) is 3.11. The van der Waals surface area contributed by atoms with E-state index in [-0.39, 0.29) is 5.54 Å². The van der Waals surface area contributed by atoms with Crippen LogP contribution in [0.2, 0.25) is 0 Å². The topological polar surface area (TPSA) is 46.0 Å². The van der Waals surface area contributed by atoms with Gasteiger partial charge < -0.3 is 5.32 Å². The number of rotatable bonds is 7. The fourth-order valence-electron chi connectivity index (χ4n) is 3.32. The van der Waals surface area contributed by atoms with E-state index in [0.29, 0.717) is 6.04 Å². The van der Waals surface area contributed by atoms with Crippen molar-refractivity contribution < 1.29 is 0 Å². The van der Waals surface area contributed by atoms with Crippen molar-refractivity contribution in [1.82, 2.24) is 25.0 Å². The third-order valence-electron chi connectivity index (χ3n) is 5.13. The number of hydrogen-bond acceptors (Lipinski definition) is 4. The molecular formula is C19H29N5. The Morgan fingerprint density at radius 2 is 2.04 bits per heavy atom. The van der Waals surface area contributed by atoms with Gasteiger partial charge in [0.05, 0.1) is 0 Å². The fourth-order valence-corrected chi connectivity index (χ4v) is 3.32. The molecule has 0 saturated carbocycles. The Labute approximate surface area is 145 Å². The lowest BCUT2D eigenvalue weighted by Gasteiger charge is -2.42. The van der Waals surface area contributed by atoms with Crippen LogP contribution < -0.4 is 5.32 Å². The maximum absolute atomic E-state index is 4.16. The molecule has 0 radical (unpaired) electrons. The highest BCUT2D eigenvalue weighted by atomic mass is 15.3. The molecule has 3 rings (SSSR count). The van der Waals surface area contributed by atoms with Gasteiger partial charge in [-0.05, 0) is 44.7 Å². The summed E-state index contributed by atoms with van der Waals surface area (Å²) < 4.78 is 1.89. The minimum atomic E-state index is 0.148. The Morgan fingerprint density at radius 3 is 2.79 bits per heavy atom. The first-order chi connectivity index (χ1) is 11.5. The summed E-state index contributed by atoms with van der Waals surface area (Å²) in [6.07, 6.45) is 5.58. The van der Waals surface area contributed by atoms with Crippen LogP contribution in [0.25, 0.3) is 0 Å². The Balaban J connectivity index is 1.49. The zero-order chi connectivity index (χ0) is 17.0. The Hall–Kier alpha value is -1.72. The highest BCUT2D eigenvalue weighted by molar-refractivity contribution is 5.29. The van der Waals surface area contributed by atoms with Gasteiger partial charge in [-0.15, -0.1) is 0 Å². The molecule has 5 nitrogen and oxygen atoms in total. The van der Waals surface area contributed by atoms with Crippen LogP contribution in [-0.2, 0) is 19.5 Å². The Bertz CT molecular complexity index is 635. The minimum absolute atomic E-state index is 0.148. The largest absolute Gasteiger partial charge is 0.312 e. The standard InChI is InChI=1S/C19H29N5/c1-16(8-11-24-15-20-14-22-24)21-13-19(2,3)23-10-9-17-6-4-5-7-18(17)12-23/h4-7,14-16,21H,8-13H2,1-3H3. The first-order valence-corrected chi connectivity index (χ1v) is 8.92. The predicted molar refractivity (Wildman–Crippen MR) is 96.7 cm³/mol. The van der Waals surface area contributed by atoms with E-state index < -0.39 is 0 Å². The molecule has 1 atom stereocenters. The summed E-state index contributed by atoms with van der Waals surface area (Å²) in [5.41, 5.74) is 3.14. The summed E-state index contributed by atoms with van der Waals surface area (Å²) in [5.74, 6) is 0. The number of nitrogens with zero attached hydrogens (tertiary/aromatic N) is 4. The number of nitrogens with one attached hydrogen (secondary N) is 1. The van der Waals surface area contributed by atoms with Gasteiger partial charge in [0.1, 0.15) is 12.7 Å². The zero-order valence-electron chi connectivity index (χ0n) is 15.1. The lowest BCUT2D eigenvalue weighted by molar-refractivity contribution is 0.0998. The van der Waals surface area contributed by atoms with Gasteiger partial charge in [-0.2, -0.15) is 5.10 Å². The lowest BCUT2D eigenvalue weighted by atomic mass is 9.94. The van der Waals surface area contributed by atoms with Crippen LogP contribution in [0, 0.1) is 0 Å². The van der Waals surface area contributed by atoms with E-state index in [1.54, 1.807) is 12.7 Å². The van der Waals surface area contributed by atoms with E-state index >= 15 is 0 Å². The van der Waals surface area contributed by atoms with Crippen molar-refractivity contribution in [2.45, 2.75) is 58.3 Å². The van der Waals surface area contributed by atoms with Gasteiger partial charge in [-0.3, -0.25) is 9.58 Å². The van der Waals surface area contributed by atoms with Crippen LogP contribution in [0.5, 0.6) is 0 Å². The number of fused-ring (bicyclic) bond motifs is 1. The highest BCUT2D eigenvalue weighted by Gasteiger charge is 2.29. The zero-order valence-corrected chi connectivity index (χ0v) is 15.1. The van der Waals surface area contributed by atoms with Crippen LogP contribution in [0.3, 0.4) is 0 Å². The smallest absolute Gasteiger partial charge is 0.137 e. The second-order valence-corrected chi connectivity index (χ2v) is 7.48. The van der Waals surface area contributed by atoms with Gasteiger partial charge in [0, 0.05) is 37.8 Å². The van der Waals surface area contributed by atoms with E-state index in [1.807, 2.05) is 4.68 Å². The normalized spacial score (nSPS) is 16.8. The number of aromatic nitrogens is 3. The average molecular weight is 327 g/mol. The monoisotopic (exact) mass is 327 g/mol. The Kier molecular flexibility index (Phi) is 5.31. The molecule has 2 heterocycles. The minimum Gasteiger partial charge on any atom is -0.312 e. The molecule has 1 N–H and O–H groups in total. The molecule has 1 aromatic carbocycles. The first kappa shape index (κ1) is 17.1. The Morgan fingerprint density at radius 1 is 1.25 bits per heavy atom. The summed E-state index contributed by atoms with van der Waals surface area (Å²) in [7, 11) is 0. The van der Waals surface area contributed by atoms with Crippen LogP contribution >= 0.6 is 0 Å². The van der Waals surface area contributed by atoms with E-state index in [9.17, 15) is 0 Å². The SMILES string of the molecule is CC(CCn1cncn1)NCC(C)(C)N1CCc2ccccc2C1. The number of hydrogen-bond donors (Lipinski definition) is 1. The molecule has 5 heteroatoms. The third-order valence-corrected chi connectivity index (χ3v) is 5.13. The summed E-state index contributed by atoms with van der Waals surface area (Å²) in [6.45, 7) is 11.0. The van der Waals surface area contributed by atoms with Crippen molar-refractivity contribution in [3.05, 3.63) is 48.0 Å². The molecular weight excluding hydrogens is 298 g/mol.